The topological polar surface area (TPSA) is 40.5 Å². The highest BCUT2D eigenvalue weighted by molar-refractivity contribution is 5.01. The molecule has 0 spiro atoms. The molecule has 0 saturated heterocycles. The molecule has 0 aliphatic heterocycles. The second-order valence-corrected chi connectivity index (χ2v) is 3.72. The van der Waals surface area contributed by atoms with E-state index in [-0.39, 0.29) is 13.2 Å². The summed E-state index contributed by atoms with van der Waals surface area (Å²) in [5, 5.41) is 17.6. The van der Waals surface area contributed by atoms with Crippen molar-refractivity contribution in [1.29, 1.82) is 0 Å². The van der Waals surface area contributed by atoms with E-state index < -0.39 is 0 Å². The molecule has 0 aromatic heterocycles. The number of aliphatic hydroxyl groups is 2. The summed E-state index contributed by atoms with van der Waals surface area (Å²) in [6, 6.07) is 0. The first-order valence-corrected chi connectivity index (χ1v) is 5.74. The molecule has 0 heterocycles. The standard InChI is InChI=1S/C12H24O2/c1-2-3-4-5-6-7-8-12(11-14)9-10-13/h9,13-14H,2-8,10-11H2,1H3. The Kier molecular flexibility index (Phi) is 10.5. The number of hydrogen-bond donors (Lipinski definition) is 2. The molecule has 14 heavy (non-hydrogen) atoms. The predicted octanol–water partition coefficient (Wildman–Crippen LogP) is 2.65. The Labute approximate surface area is 87.7 Å². The monoisotopic (exact) mass is 200 g/mol. The van der Waals surface area contributed by atoms with E-state index in [0.29, 0.717) is 0 Å². The maximum atomic E-state index is 8.92. The van der Waals surface area contributed by atoms with Crippen LogP contribution in [-0.2, 0) is 0 Å². The van der Waals surface area contributed by atoms with Gasteiger partial charge < -0.3 is 10.2 Å². The Morgan fingerprint density at radius 1 is 1.00 bits per heavy atom. The molecule has 0 saturated carbocycles. The lowest BCUT2D eigenvalue weighted by atomic mass is 10.1. The quantitative estimate of drug-likeness (QED) is 0.444. The zero-order valence-electron chi connectivity index (χ0n) is 9.34. The molecule has 0 rings (SSSR count). The van der Waals surface area contributed by atoms with Crippen LogP contribution in [0.15, 0.2) is 11.6 Å². The summed E-state index contributed by atoms with van der Waals surface area (Å²) in [7, 11) is 0. The minimum absolute atomic E-state index is 0.0473. The molecule has 0 aromatic carbocycles. The van der Waals surface area contributed by atoms with Crippen LogP contribution in [0.5, 0.6) is 0 Å². The van der Waals surface area contributed by atoms with Crippen molar-refractivity contribution in [3.05, 3.63) is 11.6 Å². The highest BCUT2D eigenvalue weighted by Crippen LogP contribution is 2.11. The van der Waals surface area contributed by atoms with Gasteiger partial charge in [0.05, 0.1) is 13.2 Å². The molecule has 0 amide bonds. The first-order valence-electron chi connectivity index (χ1n) is 5.74. The minimum atomic E-state index is 0.0473. The predicted molar refractivity (Wildman–Crippen MR) is 60.2 cm³/mol. The lowest BCUT2D eigenvalue weighted by Gasteiger charge is -2.03. The van der Waals surface area contributed by atoms with Gasteiger partial charge in [0.15, 0.2) is 0 Å². The Bertz CT molecular complexity index is 141. The van der Waals surface area contributed by atoms with Crippen molar-refractivity contribution >= 4 is 0 Å². The Morgan fingerprint density at radius 3 is 2.21 bits per heavy atom. The molecule has 0 aliphatic rings. The largest absolute Gasteiger partial charge is 0.392 e. The average Bonchev–Trinajstić information content (AvgIpc) is 2.21. The van der Waals surface area contributed by atoms with Gasteiger partial charge >= 0.3 is 0 Å². The lowest BCUT2D eigenvalue weighted by molar-refractivity contribution is 0.314. The van der Waals surface area contributed by atoms with Crippen LogP contribution in [0.2, 0.25) is 0 Å². The molecule has 0 aliphatic carbocycles. The van der Waals surface area contributed by atoms with Crippen molar-refractivity contribution in [3.8, 4) is 0 Å². The summed E-state index contributed by atoms with van der Waals surface area (Å²) in [4.78, 5) is 0. The molecule has 0 unspecified atom stereocenters. The zero-order chi connectivity index (χ0) is 10.6. The average molecular weight is 200 g/mol. The van der Waals surface area contributed by atoms with Crippen molar-refractivity contribution in [2.75, 3.05) is 13.2 Å². The first kappa shape index (κ1) is 13.7. The van der Waals surface area contributed by atoms with E-state index in [1.807, 2.05) is 0 Å². The normalized spacial score (nSPS) is 12.1. The highest BCUT2D eigenvalue weighted by atomic mass is 16.3. The van der Waals surface area contributed by atoms with E-state index in [1.54, 1.807) is 6.08 Å². The molecule has 0 radical (unpaired) electrons. The third-order valence-electron chi connectivity index (χ3n) is 2.43. The molecule has 0 bridgehead atoms. The van der Waals surface area contributed by atoms with E-state index in [9.17, 15) is 0 Å². The van der Waals surface area contributed by atoms with E-state index in [0.717, 1.165) is 18.4 Å². The zero-order valence-corrected chi connectivity index (χ0v) is 9.34. The molecular weight excluding hydrogens is 176 g/mol. The fourth-order valence-electron chi connectivity index (χ4n) is 1.51. The van der Waals surface area contributed by atoms with Gasteiger partial charge in [0.25, 0.3) is 0 Å². The molecule has 0 atom stereocenters. The number of unbranched alkanes of at least 4 members (excludes halogenated alkanes) is 5. The van der Waals surface area contributed by atoms with Crippen molar-refractivity contribution in [3.63, 3.8) is 0 Å². The fourth-order valence-corrected chi connectivity index (χ4v) is 1.51. The molecule has 0 fully saturated rings. The summed E-state index contributed by atoms with van der Waals surface area (Å²) >= 11 is 0. The number of aliphatic hydroxyl groups excluding tert-OH is 2. The van der Waals surface area contributed by atoms with Crippen LogP contribution >= 0.6 is 0 Å². The van der Waals surface area contributed by atoms with E-state index in [2.05, 4.69) is 6.92 Å². The number of hydrogen-bond acceptors (Lipinski definition) is 2. The van der Waals surface area contributed by atoms with E-state index in [4.69, 9.17) is 10.2 Å². The van der Waals surface area contributed by atoms with Crippen molar-refractivity contribution < 1.29 is 10.2 Å². The van der Waals surface area contributed by atoms with Gasteiger partial charge in [-0.05, 0) is 18.4 Å². The van der Waals surface area contributed by atoms with Crippen LogP contribution in [0.4, 0.5) is 0 Å². The van der Waals surface area contributed by atoms with Crippen LogP contribution in [0.25, 0.3) is 0 Å². The second kappa shape index (κ2) is 10.7. The minimum Gasteiger partial charge on any atom is -0.392 e. The molecular formula is C12H24O2. The van der Waals surface area contributed by atoms with Gasteiger partial charge in [-0.2, -0.15) is 0 Å². The number of rotatable bonds is 9. The Morgan fingerprint density at radius 2 is 1.64 bits per heavy atom. The smallest absolute Gasteiger partial charge is 0.0642 e. The fraction of sp³-hybridized carbons (Fsp3) is 0.833. The second-order valence-electron chi connectivity index (χ2n) is 3.72. The molecule has 2 N–H and O–H groups in total. The molecule has 0 aromatic rings. The van der Waals surface area contributed by atoms with Crippen LogP contribution in [0, 0.1) is 0 Å². The van der Waals surface area contributed by atoms with Crippen LogP contribution < -0.4 is 0 Å². The maximum Gasteiger partial charge on any atom is 0.0642 e. The summed E-state index contributed by atoms with van der Waals surface area (Å²) < 4.78 is 0. The van der Waals surface area contributed by atoms with Crippen LogP contribution in [0.1, 0.15) is 51.9 Å². The summed E-state index contributed by atoms with van der Waals surface area (Å²) in [6.45, 7) is 2.36. The van der Waals surface area contributed by atoms with Gasteiger partial charge in [0.1, 0.15) is 0 Å². The summed E-state index contributed by atoms with van der Waals surface area (Å²) in [5.74, 6) is 0. The van der Waals surface area contributed by atoms with Crippen molar-refractivity contribution in [2.45, 2.75) is 51.9 Å². The molecule has 2 heteroatoms. The Balaban J connectivity index is 3.29. The maximum absolute atomic E-state index is 8.92. The summed E-state index contributed by atoms with van der Waals surface area (Å²) in [5.41, 5.74) is 0.975. The van der Waals surface area contributed by atoms with Gasteiger partial charge in [0.2, 0.25) is 0 Å². The van der Waals surface area contributed by atoms with Crippen molar-refractivity contribution in [1.82, 2.24) is 0 Å². The van der Waals surface area contributed by atoms with Gasteiger partial charge in [-0.1, -0.05) is 45.1 Å². The summed E-state index contributed by atoms with van der Waals surface area (Å²) in [6.07, 6.45) is 10.3. The SMILES string of the molecule is CCCCCCCCC(=CCO)CO. The highest BCUT2D eigenvalue weighted by Gasteiger charge is 1.95. The third-order valence-corrected chi connectivity index (χ3v) is 2.43. The van der Waals surface area contributed by atoms with Gasteiger partial charge in [-0.25, -0.2) is 0 Å². The van der Waals surface area contributed by atoms with Gasteiger partial charge in [-0.15, -0.1) is 0 Å². The molecule has 84 valence electrons. The lowest BCUT2D eigenvalue weighted by Crippen LogP contribution is -1.93. The van der Waals surface area contributed by atoms with Crippen molar-refractivity contribution in [2.24, 2.45) is 0 Å². The van der Waals surface area contributed by atoms with E-state index >= 15 is 0 Å². The Hall–Kier alpha value is -0.340. The van der Waals surface area contributed by atoms with Crippen LogP contribution in [-0.4, -0.2) is 23.4 Å². The molecule has 2 nitrogen and oxygen atoms in total. The van der Waals surface area contributed by atoms with Crippen LogP contribution in [0.3, 0.4) is 0 Å². The third kappa shape index (κ3) is 8.27. The van der Waals surface area contributed by atoms with Gasteiger partial charge in [-0.3, -0.25) is 0 Å². The van der Waals surface area contributed by atoms with Gasteiger partial charge in [0, 0.05) is 0 Å². The first-order chi connectivity index (χ1) is 6.85. The van der Waals surface area contributed by atoms with E-state index in [1.165, 1.54) is 32.1 Å².